The number of aromatic nitrogens is 2. The first-order valence-corrected chi connectivity index (χ1v) is 12.4. The highest BCUT2D eigenvalue weighted by Crippen LogP contribution is 2.37. The first-order chi connectivity index (χ1) is 22.2. The number of benzene rings is 6. The molecule has 38 heavy (non-hydrogen) atoms. The third-order valence-corrected chi connectivity index (χ3v) is 7.10. The van der Waals surface area contributed by atoms with Gasteiger partial charge in [0.05, 0.1) is 33.0 Å². The van der Waals surface area contributed by atoms with Crippen molar-refractivity contribution in [2.75, 3.05) is 0 Å². The molecule has 0 saturated carbocycles. The minimum absolute atomic E-state index is 0.0986. The van der Waals surface area contributed by atoms with Crippen LogP contribution in [0.4, 0.5) is 0 Å². The summed E-state index contributed by atoms with van der Waals surface area (Å²) in [6, 6.07) is 28.3. The van der Waals surface area contributed by atoms with E-state index >= 15 is 0 Å². The summed E-state index contributed by atoms with van der Waals surface area (Å²) in [5, 5.41) is 2.18. The van der Waals surface area contributed by atoms with Gasteiger partial charge in [-0.25, -0.2) is 0 Å². The van der Waals surface area contributed by atoms with Gasteiger partial charge in [-0.15, -0.1) is 0 Å². The molecule has 2 heteroatoms. The Morgan fingerprint density at radius 2 is 1.08 bits per heavy atom. The van der Waals surface area contributed by atoms with Gasteiger partial charge in [-0.3, -0.25) is 0 Å². The van der Waals surface area contributed by atoms with Gasteiger partial charge >= 0.3 is 0 Å². The number of nitrogens with zero attached hydrogens (tertiary/aromatic N) is 2. The summed E-state index contributed by atoms with van der Waals surface area (Å²) < 4.78 is 74.7. The van der Waals surface area contributed by atoms with E-state index in [0.717, 1.165) is 32.9 Å². The molecule has 2 nitrogen and oxygen atoms in total. The lowest BCUT2D eigenvalue weighted by atomic mass is 10.1. The van der Waals surface area contributed by atoms with Crippen LogP contribution in [-0.4, -0.2) is 9.13 Å². The molecule has 0 radical (unpaired) electrons. The molecule has 0 unspecified atom stereocenters. The molecule has 0 aliphatic carbocycles. The minimum atomic E-state index is -0.430. The summed E-state index contributed by atoms with van der Waals surface area (Å²) in [5.41, 5.74) is 4.19. The summed E-state index contributed by atoms with van der Waals surface area (Å²) in [5.74, 6) is 0. The monoisotopic (exact) mass is 492 g/mol. The van der Waals surface area contributed by atoms with Gasteiger partial charge < -0.3 is 9.13 Å². The molecule has 0 saturated heterocycles. The second-order valence-corrected chi connectivity index (χ2v) is 9.21. The molecule has 2 aromatic heterocycles. The highest BCUT2D eigenvalue weighted by atomic mass is 15.0. The van der Waals surface area contributed by atoms with Crippen molar-refractivity contribution < 1.29 is 11.0 Å². The maximum absolute atomic E-state index is 9.64. The highest BCUT2D eigenvalue weighted by Gasteiger charge is 2.16. The minimum Gasteiger partial charge on any atom is -0.309 e. The zero-order valence-corrected chi connectivity index (χ0v) is 20.1. The van der Waals surface area contributed by atoms with Crippen LogP contribution >= 0.6 is 0 Å². The molecule has 0 spiro atoms. The fourth-order valence-electron chi connectivity index (χ4n) is 5.44. The smallest absolute Gasteiger partial charge is 0.0652 e. The molecule has 0 atom stereocenters. The fourth-order valence-corrected chi connectivity index (χ4v) is 5.44. The number of hydrogen-bond acceptors (Lipinski definition) is 0. The fraction of sp³-hybridized carbons (Fsp3) is 0. The van der Waals surface area contributed by atoms with Crippen molar-refractivity contribution in [2.24, 2.45) is 0 Å². The van der Waals surface area contributed by atoms with Crippen LogP contribution in [0.2, 0.25) is 0 Å². The van der Waals surface area contributed by atoms with Gasteiger partial charge in [0.25, 0.3) is 0 Å². The molecule has 0 amide bonds. The standard InChI is InChI=1S/C36H24N2/c1-2-11-25(12-3-1)26-13-10-14-27(23-26)37-35-20-9-6-17-31(35)32-24-28(21-22-36(32)37)38-33-18-7-4-15-29(33)30-16-5-8-19-34(30)38/h1-24H/i1D,6D,9D,17D,20D,21D,22D,24D. The van der Waals surface area contributed by atoms with Gasteiger partial charge in [0.15, 0.2) is 0 Å². The average Bonchev–Trinajstić information content (AvgIpc) is 3.61. The molecule has 8 rings (SSSR count). The number of hydrogen-bond donors (Lipinski definition) is 0. The Balaban J connectivity index is 1.55. The van der Waals surface area contributed by atoms with E-state index in [2.05, 4.69) is 0 Å². The van der Waals surface area contributed by atoms with E-state index in [4.69, 9.17) is 6.85 Å². The molecule has 0 aliphatic rings. The summed E-state index contributed by atoms with van der Waals surface area (Å²) in [7, 11) is 0. The van der Waals surface area contributed by atoms with E-state index in [0.29, 0.717) is 11.7 Å². The Morgan fingerprint density at radius 3 is 1.87 bits per heavy atom. The van der Waals surface area contributed by atoms with Gasteiger partial charge in [0, 0.05) is 32.9 Å². The topological polar surface area (TPSA) is 9.86 Å². The molecule has 8 aromatic rings. The lowest BCUT2D eigenvalue weighted by Gasteiger charge is -2.11. The lowest BCUT2D eigenvalue weighted by molar-refractivity contribution is 1.17. The van der Waals surface area contributed by atoms with Crippen molar-refractivity contribution in [1.29, 1.82) is 0 Å². The normalized spacial score (nSPS) is 14.6. The molecule has 0 aliphatic heterocycles. The van der Waals surface area contributed by atoms with Crippen molar-refractivity contribution in [3.05, 3.63) is 145 Å². The molecule has 0 fully saturated rings. The van der Waals surface area contributed by atoms with E-state index < -0.39 is 12.1 Å². The van der Waals surface area contributed by atoms with Crippen LogP contribution in [0.1, 0.15) is 11.0 Å². The Labute approximate surface area is 231 Å². The van der Waals surface area contributed by atoms with Gasteiger partial charge in [-0.05, 0) is 59.6 Å². The van der Waals surface area contributed by atoms with Crippen molar-refractivity contribution in [3.63, 3.8) is 0 Å². The van der Waals surface area contributed by atoms with Crippen LogP contribution in [-0.2, 0) is 0 Å². The molecular weight excluding hydrogens is 460 g/mol. The van der Waals surface area contributed by atoms with Crippen LogP contribution in [0.3, 0.4) is 0 Å². The Bertz CT molecular complexity index is 2510. The van der Waals surface area contributed by atoms with Gasteiger partial charge in [0.1, 0.15) is 0 Å². The number of rotatable bonds is 3. The lowest BCUT2D eigenvalue weighted by Crippen LogP contribution is -1.96. The Morgan fingerprint density at radius 1 is 0.421 bits per heavy atom. The first-order valence-electron chi connectivity index (χ1n) is 16.4. The zero-order chi connectivity index (χ0) is 32.0. The van der Waals surface area contributed by atoms with Gasteiger partial charge in [-0.2, -0.15) is 0 Å². The Hall–Kier alpha value is -5.08. The first kappa shape index (κ1) is 14.6. The van der Waals surface area contributed by atoms with Crippen molar-refractivity contribution in [2.45, 2.75) is 0 Å². The van der Waals surface area contributed by atoms with Gasteiger partial charge in [0.2, 0.25) is 0 Å². The summed E-state index contributed by atoms with van der Waals surface area (Å²) in [4.78, 5) is 0. The molecule has 178 valence electrons. The number of para-hydroxylation sites is 3. The van der Waals surface area contributed by atoms with Crippen molar-refractivity contribution in [1.82, 2.24) is 9.13 Å². The van der Waals surface area contributed by atoms with Gasteiger partial charge in [-0.1, -0.05) is 97.0 Å². The van der Waals surface area contributed by atoms with Crippen LogP contribution in [0.5, 0.6) is 0 Å². The maximum Gasteiger partial charge on any atom is 0.0652 e. The molecule has 2 heterocycles. The van der Waals surface area contributed by atoms with Crippen LogP contribution in [0.25, 0.3) is 66.1 Å². The second kappa shape index (κ2) is 8.22. The van der Waals surface area contributed by atoms with Crippen molar-refractivity contribution in [3.8, 4) is 22.5 Å². The molecule has 0 bridgehead atoms. The maximum atomic E-state index is 9.64. The van der Waals surface area contributed by atoms with Crippen molar-refractivity contribution >= 4 is 43.6 Å². The predicted molar refractivity (Wildman–Crippen MR) is 161 cm³/mol. The zero-order valence-electron chi connectivity index (χ0n) is 28.1. The summed E-state index contributed by atoms with van der Waals surface area (Å²) in [6.07, 6.45) is 0. The van der Waals surface area contributed by atoms with Crippen LogP contribution < -0.4 is 0 Å². The SMILES string of the molecule is [2H]c1ccc(-c2cccc(-n3c4c([2H])c([2H])c([2H])c([2H])c4c4c([2H])c(-n5c6ccccc6c6ccccc65)c([2H])c([2H])c43)c2)cc1. The van der Waals surface area contributed by atoms with E-state index in [1.165, 1.54) is 0 Å². The van der Waals surface area contributed by atoms with E-state index in [1.54, 1.807) is 22.8 Å². The third kappa shape index (κ3) is 3.07. The predicted octanol–water partition coefficient (Wildman–Crippen LogP) is 9.55. The van der Waals surface area contributed by atoms with Crippen LogP contribution in [0, 0.1) is 0 Å². The quantitative estimate of drug-likeness (QED) is 0.232. The Kier molecular flexibility index (Phi) is 3.16. The second-order valence-electron chi connectivity index (χ2n) is 9.21. The van der Waals surface area contributed by atoms with E-state index in [1.807, 2.05) is 83.4 Å². The molecule has 6 aromatic carbocycles. The summed E-state index contributed by atoms with van der Waals surface area (Å²) >= 11 is 0. The van der Waals surface area contributed by atoms with Crippen LogP contribution in [0.15, 0.2) is 145 Å². The van der Waals surface area contributed by atoms with E-state index in [9.17, 15) is 4.11 Å². The average molecular weight is 493 g/mol. The molecule has 0 N–H and O–H groups in total. The largest absolute Gasteiger partial charge is 0.309 e. The number of fused-ring (bicyclic) bond motifs is 6. The highest BCUT2D eigenvalue weighted by molar-refractivity contribution is 6.12. The summed E-state index contributed by atoms with van der Waals surface area (Å²) in [6.45, 7) is 0. The van der Waals surface area contributed by atoms with E-state index in [-0.39, 0.29) is 57.7 Å². The third-order valence-electron chi connectivity index (χ3n) is 7.10. The molecular formula is C36H24N2.